The summed E-state index contributed by atoms with van der Waals surface area (Å²) in [5.74, 6) is 0.895. The maximum absolute atomic E-state index is 10.3. The molecule has 0 atom stereocenters. The Hall–Kier alpha value is -1.78. The van der Waals surface area contributed by atoms with E-state index < -0.39 is 0 Å². The fraction of sp³-hybridized carbons (Fsp3) is 0.0714. The number of aromatic nitrogens is 1. The van der Waals surface area contributed by atoms with E-state index in [4.69, 9.17) is 16.3 Å². The lowest BCUT2D eigenvalue weighted by molar-refractivity contribution is 0.420. The lowest BCUT2D eigenvalue weighted by Crippen LogP contribution is -1.82. The van der Waals surface area contributed by atoms with Crippen LogP contribution in [0.1, 0.15) is 0 Å². The largest absolute Gasteiger partial charge is 0.504 e. The van der Waals surface area contributed by atoms with Crippen LogP contribution in [0.2, 0.25) is 5.02 Å². The molecule has 3 nitrogen and oxygen atoms in total. The van der Waals surface area contributed by atoms with E-state index in [1.807, 2.05) is 12.1 Å². The molecule has 1 N–H and O–H groups in total. The van der Waals surface area contributed by atoms with Crippen LogP contribution in [0.4, 0.5) is 0 Å². The molecule has 0 aliphatic heterocycles. The minimum absolute atomic E-state index is 0.182. The topological polar surface area (TPSA) is 42.4 Å². The zero-order valence-electron chi connectivity index (χ0n) is 10.1. The van der Waals surface area contributed by atoms with E-state index in [1.54, 1.807) is 31.5 Å². The van der Waals surface area contributed by atoms with Crippen molar-refractivity contribution in [3.05, 3.63) is 41.6 Å². The Balaban J connectivity index is 2.25. The average Bonchev–Trinajstić information content (AvgIpc) is 2.77. The number of hydrogen-bond donors (Lipinski definition) is 1. The molecule has 0 fully saturated rings. The maximum atomic E-state index is 10.3. The molecule has 0 saturated heterocycles. The number of rotatable bonds is 2. The highest BCUT2D eigenvalue weighted by Crippen LogP contribution is 2.45. The van der Waals surface area contributed by atoms with Crippen molar-refractivity contribution in [1.29, 1.82) is 0 Å². The van der Waals surface area contributed by atoms with Gasteiger partial charge in [-0.2, -0.15) is 0 Å². The van der Waals surface area contributed by atoms with Crippen molar-refractivity contribution in [1.82, 2.24) is 4.98 Å². The van der Waals surface area contributed by atoms with Gasteiger partial charge >= 0.3 is 0 Å². The number of halogens is 1. The van der Waals surface area contributed by atoms with Crippen LogP contribution in [-0.4, -0.2) is 17.2 Å². The first kappa shape index (κ1) is 12.3. The first-order chi connectivity index (χ1) is 9.20. The van der Waals surface area contributed by atoms with Crippen molar-refractivity contribution in [3.8, 4) is 21.9 Å². The van der Waals surface area contributed by atoms with Crippen LogP contribution in [0.3, 0.4) is 0 Å². The molecule has 2 heterocycles. The van der Waals surface area contributed by atoms with Gasteiger partial charge in [0.05, 0.1) is 16.7 Å². The van der Waals surface area contributed by atoms with Gasteiger partial charge in [0.2, 0.25) is 0 Å². The summed E-state index contributed by atoms with van der Waals surface area (Å²) in [4.78, 5) is 4.97. The lowest BCUT2D eigenvalue weighted by Gasteiger charge is -1.98. The second-order valence-corrected chi connectivity index (χ2v) is 5.43. The van der Waals surface area contributed by atoms with E-state index in [0.717, 1.165) is 15.1 Å². The fourth-order valence-electron chi connectivity index (χ4n) is 1.91. The zero-order chi connectivity index (χ0) is 13.4. The van der Waals surface area contributed by atoms with E-state index in [0.29, 0.717) is 16.3 Å². The summed E-state index contributed by atoms with van der Waals surface area (Å²) in [5.41, 5.74) is 1.47. The number of benzene rings is 1. The summed E-state index contributed by atoms with van der Waals surface area (Å²) in [6.45, 7) is 0. The molecule has 0 saturated carbocycles. The van der Waals surface area contributed by atoms with Crippen LogP contribution < -0.4 is 4.74 Å². The number of aromatic hydroxyl groups is 1. The number of thiophene rings is 1. The SMILES string of the molecule is COc1ccnc2c(O)c(-c3ccc(Cl)cc3)sc12. The molecule has 0 amide bonds. The van der Waals surface area contributed by atoms with Gasteiger partial charge in [-0.1, -0.05) is 23.7 Å². The van der Waals surface area contributed by atoms with Crippen molar-refractivity contribution in [3.63, 3.8) is 0 Å². The molecule has 0 bridgehead atoms. The molecule has 96 valence electrons. The Morgan fingerprint density at radius 2 is 1.95 bits per heavy atom. The van der Waals surface area contributed by atoms with E-state index >= 15 is 0 Å². The highest BCUT2D eigenvalue weighted by atomic mass is 35.5. The summed E-state index contributed by atoms with van der Waals surface area (Å²) >= 11 is 7.33. The maximum Gasteiger partial charge on any atom is 0.160 e. The van der Waals surface area contributed by atoms with Crippen molar-refractivity contribution < 1.29 is 9.84 Å². The van der Waals surface area contributed by atoms with Gasteiger partial charge in [0.1, 0.15) is 11.3 Å². The molecular weight excluding hydrogens is 282 g/mol. The van der Waals surface area contributed by atoms with Gasteiger partial charge in [-0.15, -0.1) is 11.3 Å². The molecule has 0 unspecified atom stereocenters. The number of methoxy groups -OCH3 is 1. The Morgan fingerprint density at radius 3 is 2.63 bits per heavy atom. The molecular formula is C14H10ClNO2S. The van der Waals surface area contributed by atoms with Gasteiger partial charge in [-0.05, 0) is 23.8 Å². The second kappa shape index (κ2) is 4.72. The van der Waals surface area contributed by atoms with Crippen molar-refractivity contribution in [2.24, 2.45) is 0 Å². The smallest absolute Gasteiger partial charge is 0.160 e. The second-order valence-electron chi connectivity index (χ2n) is 3.98. The van der Waals surface area contributed by atoms with E-state index in [-0.39, 0.29) is 5.75 Å². The third-order valence-electron chi connectivity index (χ3n) is 2.84. The van der Waals surface area contributed by atoms with Crippen LogP contribution >= 0.6 is 22.9 Å². The Labute approximate surface area is 119 Å². The molecule has 0 radical (unpaired) electrons. The molecule has 5 heteroatoms. The summed E-state index contributed by atoms with van der Waals surface area (Å²) in [5, 5.41) is 11.0. The highest BCUT2D eigenvalue weighted by molar-refractivity contribution is 7.23. The number of pyridine rings is 1. The molecule has 0 aliphatic rings. The number of fused-ring (bicyclic) bond motifs is 1. The van der Waals surface area contributed by atoms with Gasteiger partial charge in [-0.3, -0.25) is 4.98 Å². The predicted octanol–water partition coefficient (Wildman–Crippen LogP) is 4.33. The number of nitrogens with zero attached hydrogens (tertiary/aromatic N) is 1. The minimum Gasteiger partial charge on any atom is -0.504 e. The minimum atomic E-state index is 0.182. The molecule has 0 spiro atoms. The fourth-order valence-corrected chi connectivity index (χ4v) is 3.19. The molecule has 3 rings (SSSR count). The monoisotopic (exact) mass is 291 g/mol. The zero-order valence-corrected chi connectivity index (χ0v) is 11.6. The summed E-state index contributed by atoms with van der Waals surface area (Å²) in [7, 11) is 1.60. The highest BCUT2D eigenvalue weighted by Gasteiger charge is 2.16. The van der Waals surface area contributed by atoms with Gasteiger partial charge in [0, 0.05) is 11.2 Å². The third-order valence-corrected chi connectivity index (χ3v) is 4.32. The van der Waals surface area contributed by atoms with Crippen LogP contribution in [0, 0.1) is 0 Å². The number of hydrogen-bond acceptors (Lipinski definition) is 4. The van der Waals surface area contributed by atoms with E-state index in [2.05, 4.69) is 4.98 Å². The summed E-state index contributed by atoms with van der Waals surface area (Å²) in [6.07, 6.45) is 1.62. The average molecular weight is 292 g/mol. The summed E-state index contributed by atoms with van der Waals surface area (Å²) < 4.78 is 6.13. The van der Waals surface area contributed by atoms with Crippen molar-refractivity contribution >= 4 is 33.2 Å². The van der Waals surface area contributed by atoms with Gasteiger partial charge < -0.3 is 9.84 Å². The summed E-state index contributed by atoms with van der Waals surface area (Å²) in [6, 6.07) is 9.12. The Morgan fingerprint density at radius 1 is 1.21 bits per heavy atom. The van der Waals surface area contributed by atoms with Crippen LogP contribution in [0.25, 0.3) is 20.7 Å². The first-order valence-corrected chi connectivity index (χ1v) is 6.80. The molecule has 19 heavy (non-hydrogen) atoms. The lowest BCUT2D eigenvalue weighted by atomic mass is 10.2. The first-order valence-electron chi connectivity index (χ1n) is 5.61. The molecule has 2 aromatic heterocycles. The van der Waals surface area contributed by atoms with Crippen molar-refractivity contribution in [2.75, 3.05) is 7.11 Å². The Kier molecular flexibility index (Phi) is 3.05. The van der Waals surface area contributed by atoms with Crippen LogP contribution in [0.15, 0.2) is 36.5 Å². The standard InChI is InChI=1S/C14H10ClNO2S/c1-18-10-6-7-16-11-12(17)13(19-14(10)11)8-2-4-9(15)5-3-8/h2-7,17H,1H3. The predicted molar refractivity (Wildman–Crippen MR) is 78.3 cm³/mol. The number of ether oxygens (including phenoxy) is 1. The van der Waals surface area contributed by atoms with E-state index in [1.165, 1.54) is 11.3 Å². The van der Waals surface area contributed by atoms with Crippen molar-refractivity contribution in [2.45, 2.75) is 0 Å². The molecule has 0 aliphatic carbocycles. The van der Waals surface area contributed by atoms with Crippen LogP contribution in [0.5, 0.6) is 11.5 Å². The molecule has 3 aromatic rings. The van der Waals surface area contributed by atoms with Gasteiger partial charge in [0.15, 0.2) is 5.75 Å². The van der Waals surface area contributed by atoms with Crippen LogP contribution in [-0.2, 0) is 0 Å². The van der Waals surface area contributed by atoms with E-state index in [9.17, 15) is 5.11 Å². The molecule has 1 aromatic carbocycles. The third kappa shape index (κ3) is 2.03. The quantitative estimate of drug-likeness (QED) is 0.764. The van der Waals surface area contributed by atoms with Gasteiger partial charge in [-0.25, -0.2) is 0 Å². The van der Waals surface area contributed by atoms with Gasteiger partial charge in [0.25, 0.3) is 0 Å². The normalized spacial score (nSPS) is 10.8. The Bertz CT molecular complexity index is 737.